The van der Waals surface area contributed by atoms with E-state index in [1.165, 1.54) is 11.1 Å². The molecule has 0 saturated heterocycles. The molecule has 0 rings (SSSR count). The van der Waals surface area contributed by atoms with E-state index in [2.05, 4.69) is 11.6 Å². The predicted molar refractivity (Wildman–Crippen MR) is 41.2 cm³/mol. The lowest BCUT2D eigenvalue weighted by Crippen LogP contribution is -2.19. The third kappa shape index (κ3) is 3.02. The lowest BCUT2D eigenvalue weighted by atomic mass is 10.4. The maximum Gasteiger partial charge on any atom is 0.207 e. The van der Waals surface area contributed by atoms with Gasteiger partial charge < -0.3 is 4.90 Å². The zero-order valence-electron chi connectivity index (χ0n) is 6.28. The van der Waals surface area contributed by atoms with E-state index >= 15 is 0 Å². The summed E-state index contributed by atoms with van der Waals surface area (Å²) >= 11 is 0. The van der Waals surface area contributed by atoms with Gasteiger partial charge in [-0.05, 0) is 6.20 Å². The van der Waals surface area contributed by atoms with Gasteiger partial charge in [0.25, 0.3) is 0 Å². The van der Waals surface area contributed by atoms with Crippen LogP contribution in [0.4, 0.5) is 0 Å². The first-order chi connectivity index (χ1) is 5.26. The second-order valence-electron chi connectivity index (χ2n) is 1.76. The number of amidine groups is 1. The third-order valence-corrected chi connectivity index (χ3v) is 1.10. The van der Waals surface area contributed by atoms with Gasteiger partial charge in [0.2, 0.25) is 6.19 Å². The number of nitriles is 2. The Labute approximate surface area is 65.7 Å². The Morgan fingerprint density at radius 1 is 1.73 bits per heavy atom. The fraction of sp³-hybridized carbons (Fsp3) is 0.286. The summed E-state index contributed by atoms with van der Waals surface area (Å²) < 4.78 is 0. The van der Waals surface area contributed by atoms with Gasteiger partial charge in [-0.1, -0.05) is 6.58 Å². The Kier molecular flexibility index (Phi) is 4.19. The molecule has 4 heteroatoms. The van der Waals surface area contributed by atoms with Crippen LogP contribution >= 0.6 is 0 Å². The fourth-order valence-electron chi connectivity index (χ4n) is 0.477. The summed E-state index contributed by atoms with van der Waals surface area (Å²) in [6.45, 7) is 3.47. The van der Waals surface area contributed by atoms with Crippen molar-refractivity contribution in [2.75, 3.05) is 7.05 Å². The van der Waals surface area contributed by atoms with Gasteiger partial charge in [0.15, 0.2) is 0 Å². The van der Waals surface area contributed by atoms with Crippen LogP contribution in [0.1, 0.15) is 6.42 Å². The van der Waals surface area contributed by atoms with Crippen molar-refractivity contribution in [3.63, 3.8) is 0 Å². The molecule has 0 aromatic rings. The minimum Gasteiger partial charge on any atom is -0.339 e. The van der Waals surface area contributed by atoms with Crippen molar-refractivity contribution in [1.82, 2.24) is 4.90 Å². The van der Waals surface area contributed by atoms with Crippen LogP contribution in [0.3, 0.4) is 0 Å². The van der Waals surface area contributed by atoms with Crippen molar-refractivity contribution in [2.45, 2.75) is 6.42 Å². The van der Waals surface area contributed by atoms with E-state index in [9.17, 15) is 0 Å². The van der Waals surface area contributed by atoms with Crippen LogP contribution in [0.25, 0.3) is 0 Å². The second kappa shape index (κ2) is 5.01. The minimum atomic E-state index is 0.121. The number of rotatable bonds is 2. The van der Waals surface area contributed by atoms with Crippen molar-refractivity contribution in [3.05, 3.63) is 12.8 Å². The zero-order valence-corrected chi connectivity index (χ0v) is 6.28. The Balaban J connectivity index is 4.38. The minimum absolute atomic E-state index is 0.121. The molecule has 0 aliphatic carbocycles. The molecule has 0 atom stereocenters. The van der Waals surface area contributed by atoms with Gasteiger partial charge in [-0.25, -0.2) is 0 Å². The maximum absolute atomic E-state index is 8.31. The summed E-state index contributed by atoms with van der Waals surface area (Å²) in [5.41, 5.74) is 0. The smallest absolute Gasteiger partial charge is 0.207 e. The molecule has 0 aromatic carbocycles. The van der Waals surface area contributed by atoms with E-state index in [0.29, 0.717) is 5.84 Å². The highest BCUT2D eigenvalue weighted by Gasteiger charge is 2.00. The molecule has 0 heterocycles. The third-order valence-electron chi connectivity index (χ3n) is 1.10. The lowest BCUT2D eigenvalue weighted by molar-refractivity contribution is 0.679. The van der Waals surface area contributed by atoms with Crippen molar-refractivity contribution in [1.29, 1.82) is 10.5 Å². The van der Waals surface area contributed by atoms with Gasteiger partial charge in [-0.15, -0.1) is 0 Å². The molecule has 0 amide bonds. The Morgan fingerprint density at radius 3 is 2.73 bits per heavy atom. The molecule has 0 radical (unpaired) electrons. The Morgan fingerprint density at radius 2 is 2.36 bits per heavy atom. The van der Waals surface area contributed by atoms with Gasteiger partial charge in [0.05, 0.1) is 12.5 Å². The zero-order chi connectivity index (χ0) is 8.69. The van der Waals surface area contributed by atoms with Crippen LogP contribution in [0.5, 0.6) is 0 Å². The summed E-state index contributed by atoms with van der Waals surface area (Å²) in [5, 5.41) is 16.5. The van der Waals surface area contributed by atoms with E-state index in [4.69, 9.17) is 10.5 Å². The summed E-state index contributed by atoms with van der Waals surface area (Å²) in [6, 6.07) is 1.90. The molecular formula is C7H8N4. The molecule has 0 aliphatic rings. The van der Waals surface area contributed by atoms with Crippen LogP contribution in [0.2, 0.25) is 0 Å². The highest BCUT2D eigenvalue weighted by Crippen LogP contribution is 1.92. The van der Waals surface area contributed by atoms with Crippen LogP contribution < -0.4 is 0 Å². The Hall–Kier alpha value is -1.81. The number of aliphatic imine (C=N–C) groups is 1. The molecule has 0 unspecified atom stereocenters. The number of hydrogen-bond acceptors (Lipinski definition) is 3. The van der Waals surface area contributed by atoms with Crippen LogP contribution in [0.15, 0.2) is 17.8 Å². The van der Waals surface area contributed by atoms with Gasteiger partial charge in [0, 0.05) is 7.05 Å². The normalized spacial score (nSPS) is 9.55. The molecule has 56 valence electrons. The summed E-state index contributed by atoms with van der Waals surface area (Å²) in [5.74, 6) is 0.407. The number of nitrogens with zero attached hydrogens (tertiary/aromatic N) is 4. The van der Waals surface area contributed by atoms with Gasteiger partial charge in [0.1, 0.15) is 5.84 Å². The van der Waals surface area contributed by atoms with Crippen molar-refractivity contribution < 1.29 is 0 Å². The molecule has 4 nitrogen and oxygen atoms in total. The average molecular weight is 148 g/mol. The summed E-state index contributed by atoms with van der Waals surface area (Å²) in [4.78, 5) is 4.97. The molecule has 0 spiro atoms. The summed E-state index contributed by atoms with van der Waals surface area (Å²) in [6.07, 6.45) is 3.23. The SMILES string of the molecule is C=CN(C)/C(CC#N)=N/C#N. The highest BCUT2D eigenvalue weighted by molar-refractivity contribution is 5.85. The van der Waals surface area contributed by atoms with Gasteiger partial charge in [-0.3, -0.25) is 0 Å². The van der Waals surface area contributed by atoms with Crippen molar-refractivity contribution in [2.24, 2.45) is 4.99 Å². The van der Waals surface area contributed by atoms with Gasteiger partial charge in [-0.2, -0.15) is 15.5 Å². The van der Waals surface area contributed by atoms with Crippen LogP contribution in [0, 0.1) is 22.8 Å². The van der Waals surface area contributed by atoms with Crippen LogP contribution in [-0.4, -0.2) is 17.8 Å². The molecule has 0 aliphatic heterocycles. The van der Waals surface area contributed by atoms with Gasteiger partial charge >= 0.3 is 0 Å². The standard InChI is InChI=1S/C7H8N4/c1-3-11(2)7(4-5-8)10-6-9/h3H,1,4H2,2H3/b10-7+. The summed E-state index contributed by atoms with van der Waals surface area (Å²) in [7, 11) is 1.68. The quantitative estimate of drug-likeness (QED) is 0.331. The van der Waals surface area contributed by atoms with Crippen molar-refractivity contribution in [3.8, 4) is 12.3 Å². The van der Waals surface area contributed by atoms with E-state index in [1.807, 2.05) is 6.07 Å². The van der Waals surface area contributed by atoms with E-state index in [-0.39, 0.29) is 6.42 Å². The predicted octanol–water partition coefficient (Wildman–Crippen LogP) is 0.855. The molecule has 11 heavy (non-hydrogen) atoms. The van der Waals surface area contributed by atoms with E-state index in [0.717, 1.165) is 0 Å². The topological polar surface area (TPSA) is 63.2 Å². The first-order valence-electron chi connectivity index (χ1n) is 2.94. The number of hydrogen-bond donors (Lipinski definition) is 0. The largest absolute Gasteiger partial charge is 0.339 e. The maximum atomic E-state index is 8.31. The van der Waals surface area contributed by atoms with Crippen LogP contribution in [-0.2, 0) is 0 Å². The van der Waals surface area contributed by atoms with E-state index < -0.39 is 0 Å². The monoisotopic (exact) mass is 148 g/mol. The molecule has 0 N–H and O–H groups in total. The van der Waals surface area contributed by atoms with E-state index in [1.54, 1.807) is 13.2 Å². The second-order valence-corrected chi connectivity index (χ2v) is 1.76. The van der Waals surface area contributed by atoms with Crippen molar-refractivity contribution >= 4 is 5.84 Å². The fourth-order valence-corrected chi connectivity index (χ4v) is 0.477. The highest BCUT2D eigenvalue weighted by atomic mass is 15.1. The average Bonchev–Trinajstić information content (AvgIpc) is 2.03. The Bertz CT molecular complexity index is 240. The first kappa shape index (κ1) is 9.19. The molecule has 0 fully saturated rings. The molecular weight excluding hydrogens is 140 g/mol. The first-order valence-corrected chi connectivity index (χ1v) is 2.94. The molecule has 0 saturated carbocycles. The molecule has 0 aromatic heterocycles. The molecule has 0 bridgehead atoms. The lowest BCUT2D eigenvalue weighted by Gasteiger charge is -2.11.